The highest BCUT2D eigenvalue weighted by Crippen LogP contribution is 2.22. The molecule has 1 aromatic heterocycles. The number of hydrogen-bond donors (Lipinski definition) is 1. The van der Waals surface area contributed by atoms with Gasteiger partial charge < -0.3 is 24.6 Å². The molecule has 1 N–H and O–H groups in total. The number of methoxy groups -OCH3 is 2. The minimum absolute atomic E-state index is 0.215. The standard InChI is InChI=1S/C19H25N5O3/c1-26-12-7-20-19(25)17-13-18(22-14-21-17)24-10-8-23(9-11-24)15-3-5-16(27-2)6-4-15/h3-6,13-14H,7-12H2,1-2H3,(H,20,25). The van der Waals surface area contributed by atoms with Crippen molar-refractivity contribution in [3.8, 4) is 5.75 Å². The predicted octanol–water partition coefficient (Wildman–Crippen LogP) is 1.19. The van der Waals surface area contributed by atoms with Crippen LogP contribution < -0.4 is 19.9 Å². The van der Waals surface area contributed by atoms with Gasteiger partial charge in [-0.15, -0.1) is 0 Å². The number of nitrogens with zero attached hydrogens (tertiary/aromatic N) is 4. The number of ether oxygens (including phenoxy) is 2. The summed E-state index contributed by atoms with van der Waals surface area (Å²) in [6.07, 6.45) is 1.44. The number of carbonyl (C=O) groups excluding carboxylic acids is 1. The quantitative estimate of drug-likeness (QED) is 0.732. The molecule has 8 heteroatoms. The lowest BCUT2D eigenvalue weighted by molar-refractivity contribution is 0.0932. The van der Waals surface area contributed by atoms with E-state index in [1.165, 1.54) is 12.0 Å². The first-order valence-corrected chi connectivity index (χ1v) is 8.94. The molecule has 1 fully saturated rings. The van der Waals surface area contributed by atoms with Crippen molar-refractivity contribution in [2.45, 2.75) is 0 Å². The van der Waals surface area contributed by atoms with Gasteiger partial charge in [0.25, 0.3) is 5.91 Å². The topological polar surface area (TPSA) is 79.8 Å². The molecule has 144 valence electrons. The van der Waals surface area contributed by atoms with E-state index >= 15 is 0 Å². The van der Waals surface area contributed by atoms with Crippen LogP contribution in [0.3, 0.4) is 0 Å². The van der Waals surface area contributed by atoms with E-state index in [2.05, 4.69) is 37.2 Å². The highest BCUT2D eigenvalue weighted by molar-refractivity contribution is 5.92. The molecule has 3 rings (SSSR count). The third-order valence-corrected chi connectivity index (χ3v) is 4.52. The Morgan fingerprint density at radius 1 is 1.07 bits per heavy atom. The van der Waals surface area contributed by atoms with Gasteiger partial charge in [-0.1, -0.05) is 0 Å². The normalized spacial score (nSPS) is 14.1. The van der Waals surface area contributed by atoms with E-state index in [1.807, 2.05) is 12.1 Å². The molecule has 0 unspecified atom stereocenters. The summed E-state index contributed by atoms with van der Waals surface area (Å²) in [5.41, 5.74) is 1.55. The Hall–Kier alpha value is -2.87. The van der Waals surface area contributed by atoms with Crippen molar-refractivity contribution in [2.24, 2.45) is 0 Å². The van der Waals surface area contributed by atoms with Crippen LogP contribution >= 0.6 is 0 Å². The van der Waals surface area contributed by atoms with Crippen LogP contribution in [0, 0.1) is 0 Å². The summed E-state index contributed by atoms with van der Waals surface area (Å²) in [7, 11) is 3.27. The van der Waals surface area contributed by atoms with Crippen LogP contribution in [-0.4, -0.2) is 69.4 Å². The van der Waals surface area contributed by atoms with Gasteiger partial charge in [-0.25, -0.2) is 9.97 Å². The number of carbonyl (C=O) groups is 1. The van der Waals surface area contributed by atoms with Crippen LogP contribution in [0.5, 0.6) is 5.75 Å². The van der Waals surface area contributed by atoms with Crippen molar-refractivity contribution in [3.05, 3.63) is 42.4 Å². The predicted molar refractivity (Wildman–Crippen MR) is 104 cm³/mol. The molecule has 0 atom stereocenters. The summed E-state index contributed by atoms with van der Waals surface area (Å²) in [5, 5.41) is 2.78. The SMILES string of the molecule is COCCNC(=O)c1cc(N2CCN(c3ccc(OC)cc3)CC2)ncn1. The van der Waals surface area contributed by atoms with Crippen LogP contribution in [0.25, 0.3) is 0 Å². The molecule has 0 bridgehead atoms. The van der Waals surface area contributed by atoms with E-state index in [-0.39, 0.29) is 5.91 Å². The van der Waals surface area contributed by atoms with Crippen molar-refractivity contribution in [2.75, 3.05) is 63.4 Å². The lowest BCUT2D eigenvalue weighted by Gasteiger charge is -2.36. The first-order valence-electron chi connectivity index (χ1n) is 8.94. The Labute approximate surface area is 159 Å². The van der Waals surface area contributed by atoms with Crippen LogP contribution in [0.15, 0.2) is 36.7 Å². The summed E-state index contributed by atoms with van der Waals surface area (Å²) in [5.74, 6) is 1.42. The third kappa shape index (κ3) is 4.85. The maximum Gasteiger partial charge on any atom is 0.270 e. The second-order valence-corrected chi connectivity index (χ2v) is 6.18. The molecule has 1 saturated heterocycles. The fourth-order valence-corrected chi connectivity index (χ4v) is 2.99. The Morgan fingerprint density at radius 3 is 2.44 bits per heavy atom. The van der Waals surface area contributed by atoms with Crippen molar-refractivity contribution in [1.82, 2.24) is 15.3 Å². The Kier molecular flexibility index (Phi) is 6.43. The first kappa shape index (κ1) is 18.9. The summed E-state index contributed by atoms with van der Waals surface area (Å²) in [6.45, 7) is 4.34. The number of amides is 1. The molecular formula is C19H25N5O3. The average Bonchev–Trinajstić information content (AvgIpc) is 2.74. The fraction of sp³-hybridized carbons (Fsp3) is 0.421. The van der Waals surface area contributed by atoms with Gasteiger partial charge in [0, 0.05) is 51.6 Å². The molecule has 1 aliphatic rings. The molecule has 0 radical (unpaired) electrons. The van der Waals surface area contributed by atoms with Crippen LogP contribution in [-0.2, 0) is 4.74 Å². The zero-order chi connectivity index (χ0) is 19.1. The fourth-order valence-electron chi connectivity index (χ4n) is 2.99. The number of aromatic nitrogens is 2. The summed E-state index contributed by atoms with van der Waals surface area (Å²) < 4.78 is 10.2. The highest BCUT2D eigenvalue weighted by atomic mass is 16.5. The number of hydrogen-bond acceptors (Lipinski definition) is 7. The molecule has 8 nitrogen and oxygen atoms in total. The largest absolute Gasteiger partial charge is 0.497 e. The summed E-state index contributed by atoms with van der Waals surface area (Å²) >= 11 is 0. The van der Waals surface area contributed by atoms with Gasteiger partial charge in [0.1, 0.15) is 23.6 Å². The van der Waals surface area contributed by atoms with E-state index in [0.29, 0.717) is 18.8 Å². The maximum absolute atomic E-state index is 12.1. The average molecular weight is 371 g/mol. The zero-order valence-electron chi connectivity index (χ0n) is 15.7. The van der Waals surface area contributed by atoms with Crippen molar-refractivity contribution in [1.29, 1.82) is 0 Å². The highest BCUT2D eigenvalue weighted by Gasteiger charge is 2.19. The molecule has 0 aliphatic carbocycles. The molecule has 2 aromatic rings. The number of nitrogens with one attached hydrogen (secondary N) is 1. The second kappa shape index (κ2) is 9.18. The number of anilines is 2. The molecule has 1 aromatic carbocycles. The minimum Gasteiger partial charge on any atom is -0.497 e. The number of benzene rings is 1. The van der Waals surface area contributed by atoms with E-state index < -0.39 is 0 Å². The van der Waals surface area contributed by atoms with Gasteiger partial charge in [0.2, 0.25) is 0 Å². The maximum atomic E-state index is 12.1. The van der Waals surface area contributed by atoms with E-state index in [1.54, 1.807) is 20.3 Å². The van der Waals surface area contributed by atoms with Gasteiger partial charge in [-0.2, -0.15) is 0 Å². The van der Waals surface area contributed by atoms with E-state index in [0.717, 1.165) is 37.7 Å². The Bertz CT molecular complexity index is 745. The Morgan fingerprint density at radius 2 is 1.78 bits per heavy atom. The van der Waals surface area contributed by atoms with Gasteiger partial charge >= 0.3 is 0 Å². The zero-order valence-corrected chi connectivity index (χ0v) is 15.7. The smallest absolute Gasteiger partial charge is 0.270 e. The molecular weight excluding hydrogens is 346 g/mol. The first-order chi connectivity index (χ1) is 13.2. The van der Waals surface area contributed by atoms with Gasteiger partial charge in [0.15, 0.2) is 0 Å². The van der Waals surface area contributed by atoms with Crippen molar-refractivity contribution in [3.63, 3.8) is 0 Å². The summed E-state index contributed by atoms with van der Waals surface area (Å²) in [6, 6.07) is 9.83. The molecule has 27 heavy (non-hydrogen) atoms. The lowest BCUT2D eigenvalue weighted by atomic mass is 10.2. The van der Waals surface area contributed by atoms with Gasteiger partial charge in [-0.05, 0) is 24.3 Å². The number of piperazine rings is 1. The van der Waals surface area contributed by atoms with Crippen LogP contribution in [0.4, 0.5) is 11.5 Å². The Balaban J connectivity index is 1.58. The van der Waals surface area contributed by atoms with Gasteiger partial charge in [-0.3, -0.25) is 4.79 Å². The van der Waals surface area contributed by atoms with Crippen LogP contribution in [0.1, 0.15) is 10.5 Å². The minimum atomic E-state index is -0.215. The van der Waals surface area contributed by atoms with E-state index in [9.17, 15) is 4.79 Å². The monoisotopic (exact) mass is 371 g/mol. The molecule has 1 aliphatic heterocycles. The second-order valence-electron chi connectivity index (χ2n) is 6.18. The molecule has 1 amide bonds. The lowest BCUT2D eigenvalue weighted by Crippen LogP contribution is -2.47. The van der Waals surface area contributed by atoms with E-state index in [4.69, 9.17) is 9.47 Å². The molecule has 0 spiro atoms. The number of rotatable bonds is 7. The third-order valence-electron chi connectivity index (χ3n) is 4.52. The van der Waals surface area contributed by atoms with Crippen LogP contribution in [0.2, 0.25) is 0 Å². The molecule has 0 saturated carbocycles. The van der Waals surface area contributed by atoms with Crippen molar-refractivity contribution >= 4 is 17.4 Å². The van der Waals surface area contributed by atoms with Crippen molar-refractivity contribution < 1.29 is 14.3 Å². The summed E-state index contributed by atoms with van der Waals surface area (Å²) in [4.78, 5) is 25.1. The van der Waals surface area contributed by atoms with Gasteiger partial charge in [0.05, 0.1) is 13.7 Å². The molecule has 2 heterocycles.